The Morgan fingerprint density at radius 2 is 2.06 bits per heavy atom. The van der Waals surface area contributed by atoms with Crippen LogP contribution in [0.4, 0.5) is 0 Å². The molecule has 18 heavy (non-hydrogen) atoms. The first kappa shape index (κ1) is 14.1. The number of nitrogens with zero attached hydrogens (tertiary/aromatic N) is 1. The number of hydrogen-bond acceptors (Lipinski definition) is 4. The summed E-state index contributed by atoms with van der Waals surface area (Å²) in [5.74, 6) is -0.657. The summed E-state index contributed by atoms with van der Waals surface area (Å²) >= 11 is 0. The van der Waals surface area contributed by atoms with E-state index in [9.17, 15) is 9.59 Å². The molecule has 6 nitrogen and oxygen atoms in total. The highest BCUT2D eigenvalue weighted by molar-refractivity contribution is 5.94. The fourth-order valence-corrected chi connectivity index (χ4v) is 1.14. The van der Waals surface area contributed by atoms with Gasteiger partial charge in [-0.1, -0.05) is 6.07 Å². The molecule has 1 rings (SSSR count). The molecule has 0 aliphatic rings. The summed E-state index contributed by atoms with van der Waals surface area (Å²) in [5.41, 5.74) is 5.53. The number of aromatic nitrogens is 1. The highest BCUT2D eigenvalue weighted by Gasteiger charge is 2.13. The van der Waals surface area contributed by atoms with Crippen LogP contribution in [0.1, 0.15) is 24.3 Å². The second kappa shape index (κ2) is 6.11. The van der Waals surface area contributed by atoms with Crippen LogP contribution in [0.15, 0.2) is 24.4 Å². The van der Waals surface area contributed by atoms with Crippen molar-refractivity contribution in [3.63, 3.8) is 0 Å². The molecule has 6 heteroatoms. The van der Waals surface area contributed by atoms with Gasteiger partial charge in [-0.2, -0.15) is 0 Å². The van der Waals surface area contributed by atoms with E-state index in [1.807, 2.05) is 0 Å². The van der Waals surface area contributed by atoms with Crippen LogP contribution >= 0.6 is 0 Å². The lowest BCUT2D eigenvalue weighted by molar-refractivity contribution is -0.120. The molecule has 0 saturated carbocycles. The fourth-order valence-electron chi connectivity index (χ4n) is 1.14. The molecule has 0 fully saturated rings. The van der Waals surface area contributed by atoms with E-state index in [0.29, 0.717) is 6.54 Å². The summed E-state index contributed by atoms with van der Waals surface area (Å²) in [6, 6.07) is 5.00. The molecule has 0 aliphatic carbocycles. The zero-order valence-corrected chi connectivity index (χ0v) is 10.6. The van der Waals surface area contributed by atoms with Gasteiger partial charge in [0, 0.05) is 18.3 Å². The molecule has 0 aliphatic heterocycles. The molecule has 98 valence electrons. The van der Waals surface area contributed by atoms with Crippen LogP contribution in [-0.2, 0) is 4.79 Å². The van der Waals surface area contributed by atoms with Gasteiger partial charge in [0.1, 0.15) is 5.69 Å². The van der Waals surface area contributed by atoms with Gasteiger partial charge in [-0.15, -0.1) is 0 Å². The van der Waals surface area contributed by atoms with Crippen LogP contribution < -0.4 is 16.4 Å². The van der Waals surface area contributed by atoms with Crippen LogP contribution in [0, 0.1) is 0 Å². The van der Waals surface area contributed by atoms with Gasteiger partial charge in [0.25, 0.3) is 5.91 Å². The molecule has 1 aromatic heterocycles. The number of carbonyl (C=O) groups excluding carboxylic acids is 2. The molecule has 0 bridgehead atoms. The summed E-state index contributed by atoms with van der Waals surface area (Å²) in [6.45, 7) is 3.87. The molecule has 0 unspecified atom stereocenters. The number of rotatable bonds is 5. The normalized spacial score (nSPS) is 10.8. The van der Waals surface area contributed by atoms with Gasteiger partial charge in [-0.25, -0.2) is 0 Å². The predicted octanol–water partition coefficient (Wildman–Crippen LogP) is -0.335. The van der Waals surface area contributed by atoms with E-state index in [-0.39, 0.29) is 24.1 Å². The quantitative estimate of drug-likeness (QED) is 0.666. The largest absolute Gasteiger partial charge is 0.353 e. The lowest BCUT2D eigenvalue weighted by Gasteiger charge is -2.18. The van der Waals surface area contributed by atoms with Gasteiger partial charge in [0.05, 0.1) is 6.54 Å². The molecule has 4 N–H and O–H groups in total. The topological polar surface area (TPSA) is 97.1 Å². The van der Waals surface area contributed by atoms with Gasteiger partial charge in [0.2, 0.25) is 5.91 Å². The summed E-state index contributed by atoms with van der Waals surface area (Å²) in [4.78, 5) is 26.9. The summed E-state index contributed by atoms with van der Waals surface area (Å²) < 4.78 is 0. The van der Waals surface area contributed by atoms with Crippen molar-refractivity contribution in [2.45, 2.75) is 19.4 Å². The minimum Gasteiger partial charge on any atom is -0.353 e. The third-order valence-corrected chi connectivity index (χ3v) is 2.05. The Kier molecular flexibility index (Phi) is 4.79. The maximum absolute atomic E-state index is 11.6. The highest BCUT2D eigenvalue weighted by Crippen LogP contribution is 1.93. The standard InChI is InChI=1S/C12H18N4O2/c1-12(2,13)8-16-10(17)7-15-11(18)9-5-3-4-6-14-9/h3-6H,7-8,13H2,1-2H3,(H,15,18)(H,16,17). The maximum Gasteiger partial charge on any atom is 0.270 e. The number of hydrogen-bond donors (Lipinski definition) is 3. The van der Waals surface area contributed by atoms with Gasteiger partial charge in [0.15, 0.2) is 0 Å². The molecule has 0 radical (unpaired) electrons. The molecule has 0 spiro atoms. The summed E-state index contributed by atoms with van der Waals surface area (Å²) in [6.07, 6.45) is 1.52. The molecule has 0 aromatic carbocycles. The van der Waals surface area contributed by atoms with Crippen LogP contribution in [0.3, 0.4) is 0 Å². The molecule has 0 atom stereocenters. The van der Waals surface area contributed by atoms with E-state index >= 15 is 0 Å². The van der Waals surface area contributed by atoms with Crippen LogP contribution in [0.25, 0.3) is 0 Å². The fraction of sp³-hybridized carbons (Fsp3) is 0.417. The number of nitrogens with one attached hydrogen (secondary N) is 2. The second-order valence-electron chi connectivity index (χ2n) is 4.66. The van der Waals surface area contributed by atoms with Gasteiger partial charge in [-0.05, 0) is 26.0 Å². The SMILES string of the molecule is CC(C)(N)CNC(=O)CNC(=O)c1ccccn1. The van der Waals surface area contributed by atoms with Gasteiger partial charge >= 0.3 is 0 Å². The molecular formula is C12H18N4O2. The van der Waals surface area contributed by atoms with Crippen molar-refractivity contribution in [1.82, 2.24) is 15.6 Å². The Morgan fingerprint density at radius 3 is 2.61 bits per heavy atom. The zero-order chi connectivity index (χ0) is 13.6. The van der Waals surface area contributed by atoms with E-state index in [4.69, 9.17) is 5.73 Å². The van der Waals surface area contributed by atoms with Crippen LogP contribution in [0.5, 0.6) is 0 Å². The Hall–Kier alpha value is -1.95. The number of pyridine rings is 1. The van der Waals surface area contributed by atoms with Crippen molar-refractivity contribution in [3.8, 4) is 0 Å². The average molecular weight is 250 g/mol. The lowest BCUT2D eigenvalue weighted by Crippen LogP contribution is -2.47. The van der Waals surface area contributed by atoms with Gasteiger partial charge < -0.3 is 16.4 Å². The van der Waals surface area contributed by atoms with E-state index in [0.717, 1.165) is 0 Å². The number of amides is 2. The number of nitrogens with two attached hydrogens (primary N) is 1. The Morgan fingerprint density at radius 1 is 1.33 bits per heavy atom. The van der Waals surface area contributed by atoms with Crippen molar-refractivity contribution in [2.75, 3.05) is 13.1 Å². The van der Waals surface area contributed by atoms with E-state index in [2.05, 4.69) is 15.6 Å². The van der Waals surface area contributed by atoms with Crippen molar-refractivity contribution in [3.05, 3.63) is 30.1 Å². The maximum atomic E-state index is 11.6. The van der Waals surface area contributed by atoms with Crippen molar-refractivity contribution in [2.24, 2.45) is 5.73 Å². The van der Waals surface area contributed by atoms with Crippen molar-refractivity contribution in [1.29, 1.82) is 0 Å². The van der Waals surface area contributed by atoms with Crippen LogP contribution in [0.2, 0.25) is 0 Å². The van der Waals surface area contributed by atoms with E-state index < -0.39 is 5.54 Å². The smallest absolute Gasteiger partial charge is 0.270 e. The third kappa shape index (κ3) is 5.40. The second-order valence-corrected chi connectivity index (χ2v) is 4.66. The van der Waals surface area contributed by atoms with Crippen LogP contribution in [-0.4, -0.2) is 35.4 Å². The number of carbonyl (C=O) groups is 2. The summed E-state index contributed by atoms with van der Waals surface area (Å²) in [5, 5.41) is 5.11. The Labute approximate surface area is 106 Å². The minimum absolute atomic E-state index is 0.0918. The minimum atomic E-state index is -0.472. The molecule has 1 heterocycles. The lowest BCUT2D eigenvalue weighted by atomic mass is 10.1. The molecule has 2 amide bonds. The third-order valence-electron chi connectivity index (χ3n) is 2.05. The first-order valence-corrected chi connectivity index (χ1v) is 5.63. The first-order chi connectivity index (χ1) is 8.38. The van der Waals surface area contributed by atoms with Crippen molar-refractivity contribution >= 4 is 11.8 Å². The highest BCUT2D eigenvalue weighted by atomic mass is 16.2. The Bertz CT molecular complexity index is 412. The average Bonchev–Trinajstić information content (AvgIpc) is 2.33. The molecular weight excluding hydrogens is 232 g/mol. The van der Waals surface area contributed by atoms with Crippen molar-refractivity contribution < 1.29 is 9.59 Å². The molecule has 0 saturated heterocycles. The van der Waals surface area contributed by atoms with E-state index in [1.54, 1.807) is 32.0 Å². The zero-order valence-electron chi connectivity index (χ0n) is 10.6. The first-order valence-electron chi connectivity index (χ1n) is 5.63. The predicted molar refractivity (Wildman–Crippen MR) is 67.8 cm³/mol. The van der Waals surface area contributed by atoms with Gasteiger partial charge in [-0.3, -0.25) is 14.6 Å². The molecule has 1 aromatic rings. The van der Waals surface area contributed by atoms with E-state index in [1.165, 1.54) is 6.20 Å². The Balaban J connectivity index is 2.33. The monoisotopic (exact) mass is 250 g/mol. The summed E-state index contributed by atoms with van der Waals surface area (Å²) in [7, 11) is 0.